The van der Waals surface area contributed by atoms with Crippen LogP contribution in [-0.2, 0) is 9.47 Å². The van der Waals surface area contributed by atoms with Crippen LogP contribution in [0.4, 0.5) is 0 Å². The number of hydrogen-bond donors (Lipinski definition) is 2. The highest BCUT2D eigenvalue weighted by Crippen LogP contribution is 2.16. The Balaban J connectivity index is 1.95. The molecule has 2 rings (SSSR count). The first-order valence-corrected chi connectivity index (χ1v) is 5.40. The van der Waals surface area contributed by atoms with Crippen molar-refractivity contribution in [2.45, 2.75) is 24.9 Å². The maximum absolute atomic E-state index is 11.7. The van der Waals surface area contributed by atoms with Crippen LogP contribution in [0.1, 0.15) is 16.8 Å². The predicted octanol–water partition coefficient (Wildman–Crippen LogP) is 0.312. The largest absolute Gasteiger partial charge is 0.454 e. The monoisotopic (exact) mass is 238 g/mol. The van der Waals surface area contributed by atoms with E-state index in [9.17, 15) is 9.90 Å². The lowest BCUT2D eigenvalue weighted by atomic mass is 10.1. The Kier molecular flexibility index (Phi) is 3.73. The fourth-order valence-corrected chi connectivity index (χ4v) is 1.64. The van der Waals surface area contributed by atoms with Crippen molar-refractivity contribution in [3.05, 3.63) is 35.9 Å². The minimum absolute atomic E-state index is 0.000900. The van der Waals surface area contributed by atoms with Gasteiger partial charge in [0, 0.05) is 6.42 Å². The summed E-state index contributed by atoms with van der Waals surface area (Å²) >= 11 is 0. The third-order valence-corrected chi connectivity index (χ3v) is 2.59. The molecule has 0 spiro atoms. The van der Waals surface area contributed by atoms with Crippen LogP contribution in [-0.4, -0.2) is 41.3 Å². The van der Waals surface area contributed by atoms with Crippen molar-refractivity contribution in [1.29, 1.82) is 0 Å². The number of aliphatic hydroxyl groups is 2. The molecular formula is C12H14O5. The lowest BCUT2D eigenvalue weighted by molar-refractivity contribution is -0.194. The zero-order valence-corrected chi connectivity index (χ0v) is 9.15. The number of hydrogen-bond acceptors (Lipinski definition) is 5. The summed E-state index contributed by atoms with van der Waals surface area (Å²) in [6.07, 6.45) is -2.57. The lowest BCUT2D eigenvalue weighted by Crippen LogP contribution is -2.43. The molecular weight excluding hydrogens is 224 g/mol. The van der Waals surface area contributed by atoms with Crippen molar-refractivity contribution < 1.29 is 24.5 Å². The number of carbonyl (C=O) groups is 1. The molecule has 1 saturated heterocycles. The molecule has 0 aromatic heterocycles. The van der Waals surface area contributed by atoms with Crippen molar-refractivity contribution >= 4 is 5.97 Å². The highest BCUT2D eigenvalue weighted by atomic mass is 16.6. The molecule has 3 atom stereocenters. The van der Waals surface area contributed by atoms with E-state index in [0.29, 0.717) is 5.56 Å². The van der Waals surface area contributed by atoms with Crippen LogP contribution in [0.3, 0.4) is 0 Å². The van der Waals surface area contributed by atoms with Crippen LogP contribution in [0.15, 0.2) is 30.3 Å². The van der Waals surface area contributed by atoms with Crippen molar-refractivity contribution in [3.63, 3.8) is 0 Å². The predicted molar refractivity (Wildman–Crippen MR) is 58.2 cm³/mol. The summed E-state index contributed by atoms with van der Waals surface area (Å²) in [7, 11) is 0. The van der Waals surface area contributed by atoms with Crippen LogP contribution in [0.5, 0.6) is 0 Å². The van der Waals surface area contributed by atoms with E-state index in [1.54, 1.807) is 30.3 Å². The third-order valence-electron chi connectivity index (χ3n) is 2.59. The highest BCUT2D eigenvalue weighted by Gasteiger charge is 2.31. The maximum Gasteiger partial charge on any atom is 0.338 e. The van der Waals surface area contributed by atoms with Crippen molar-refractivity contribution in [2.75, 3.05) is 6.61 Å². The fourth-order valence-electron chi connectivity index (χ4n) is 1.64. The molecule has 5 nitrogen and oxygen atoms in total. The second-order valence-corrected chi connectivity index (χ2v) is 3.90. The van der Waals surface area contributed by atoms with Gasteiger partial charge in [0.15, 0.2) is 12.4 Å². The zero-order chi connectivity index (χ0) is 12.3. The van der Waals surface area contributed by atoms with Gasteiger partial charge in [0.25, 0.3) is 0 Å². The molecule has 1 heterocycles. The van der Waals surface area contributed by atoms with Crippen molar-refractivity contribution in [2.24, 2.45) is 0 Å². The van der Waals surface area contributed by atoms with E-state index in [1.807, 2.05) is 0 Å². The summed E-state index contributed by atoms with van der Waals surface area (Å²) in [6.45, 7) is 0.000900. The molecule has 1 unspecified atom stereocenters. The van der Waals surface area contributed by atoms with E-state index < -0.39 is 24.5 Å². The van der Waals surface area contributed by atoms with Crippen molar-refractivity contribution in [3.8, 4) is 0 Å². The number of carbonyl (C=O) groups excluding carboxylic acids is 1. The number of aliphatic hydroxyl groups excluding tert-OH is 2. The Morgan fingerprint density at radius 1 is 1.29 bits per heavy atom. The molecule has 1 aromatic carbocycles. The van der Waals surface area contributed by atoms with E-state index >= 15 is 0 Å². The standard InChI is InChI=1S/C12H14O5/c13-9-6-11(14)16-7-10(9)17-12(15)8-4-2-1-3-5-8/h1-5,9-11,13-14H,6-7H2/t9-,10+,11?/m1/s1. The number of esters is 1. The summed E-state index contributed by atoms with van der Waals surface area (Å²) in [4.78, 5) is 11.7. The Hall–Kier alpha value is -1.43. The van der Waals surface area contributed by atoms with Gasteiger partial charge in [-0.05, 0) is 12.1 Å². The average Bonchev–Trinajstić information content (AvgIpc) is 2.34. The smallest absolute Gasteiger partial charge is 0.338 e. The van der Waals surface area contributed by atoms with Gasteiger partial charge in [0.05, 0.1) is 18.3 Å². The Labute approximate surface area is 98.6 Å². The molecule has 0 radical (unpaired) electrons. The molecule has 92 valence electrons. The number of benzene rings is 1. The average molecular weight is 238 g/mol. The first kappa shape index (κ1) is 12.0. The van der Waals surface area contributed by atoms with Gasteiger partial charge >= 0.3 is 5.97 Å². The van der Waals surface area contributed by atoms with Gasteiger partial charge in [-0.1, -0.05) is 18.2 Å². The first-order chi connectivity index (χ1) is 8.16. The summed E-state index contributed by atoms with van der Waals surface area (Å²) in [5, 5.41) is 18.7. The molecule has 1 aromatic rings. The van der Waals surface area contributed by atoms with Gasteiger partial charge in [-0.2, -0.15) is 0 Å². The molecule has 5 heteroatoms. The first-order valence-electron chi connectivity index (χ1n) is 5.40. The van der Waals surface area contributed by atoms with E-state index in [0.717, 1.165) is 0 Å². The topological polar surface area (TPSA) is 76.0 Å². The normalized spacial score (nSPS) is 28.7. The molecule has 1 aliphatic rings. The van der Waals surface area contributed by atoms with E-state index in [4.69, 9.17) is 14.6 Å². The Morgan fingerprint density at radius 2 is 2.00 bits per heavy atom. The van der Waals surface area contributed by atoms with Gasteiger partial charge in [0.2, 0.25) is 0 Å². The lowest BCUT2D eigenvalue weighted by Gasteiger charge is -2.30. The number of ether oxygens (including phenoxy) is 2. The van der Waals surface area contributed by atoms with Gasteiger partial charge in [-0.25, -0.2) is 4.79 Å². The third kappa shape index (κ3) is 3.03. The van der Waals surface area contributed by atoms with E-state index in [-0.39, 0.29) is 13.0 Å². The van der Waals surface area contributed by atoms with E-state index in [2.05, 4.69) is 0 Å². The van der Waals surface area contributed by atoms with Crippen LogP contribution in [0.2, 0.25) is 0 Å². The Bertz CT molecular complexity index is 378. The minimum atomic E-state index is -0.989. The van der Waals surface area contributed by atoms with Gasteiger partial charge in [0.1, 0.15) is 0 Å². The van der Waals surface area contributed by atoms with Gasteiger partial charge in [-0.15, -0.1) is 0 Å². The van der Waals surface area contributed by atoms with Crippen LogP contribution >= 0.6 is 0 Å². The summed E-state index contributed by atoms with van der Waals surface area (Å²) in [5.74, 6) is -0.505. The van der Waals surface area contributed by atoms with E-state index in [1.165, 1.54) is 0 Å². The minimum Gasteiger partial charge on any atom is -0.454 e. The molecule has 2 N–H and O–H groups in total. The highest BCUT2D eigenvalue weighted by molar-refractivity contribution is 5.89. The molecule has 0 saturated carbocycles. The van der Waals surface area contributed by atoms with Crippen LogP contribution < -0.4 is 0 Å². The quantitative estimate of drug-likeness (QED) is 0.725. The summed E-state index contributed by atoms with van der Waals surface area (Å²) < 4.78 is 10.0. The fraction of sp³-hybridized carbons (Fsp3) is 0.417. The maximum atomic E-state index is 11.7. The molecule has 0 aliphatic carbocycles. The van der Waals surface area contributed by atoms with Gasteiger partial charge < -0.3 is 19.7 Å². The summed E-state index contributed by atoms with van der Waals surface area (Å²) in [5.41, 5.74) is 0.422. The second-order valence-electron chi connectivity index (χ2n) is 3.90. The molecule has 17 heavy (non-hydrogen) atoms. The number of rotatable bonds is 2. The summed E-state index contributed by atoms with van der Waals surface area (Å²) in [6, 6.07) is 8.52. The van der Waals surface area contributed by atoms with Crippen LogP contribution in [0, 0.1) is 0 Å². The molecule has 0 amide bonds. The molecule has 1 fully saturated rings. The van der Waals surface area contributed by atoms with Gasteiger partial charge in [-0.3, -0.25) is 0 Å². The molecule has 1 aliphatic heterocycles. The molecule has 0 bridgehead atoms. The zero-order valence-electron chi connectivity index (χ0n) is 9.15. The SMILES string of the molecule is O=C(O[C@H]1COC(O)C[C@H]1O)c1ccccc1. The van der Waals surface area contributed by atoms with Crippen LogP contribution in [0.25, 0.3) is 0 Å². The second kappa shape index (κ2) is 5.27. The van der Waals surface area contributed by atoms with Crippen molar-refractivity contribution in [1.82, 2.24) is 0 Å². The Morgan fingerprint density at radius 3 is 2.65 bits per heavy atom.